The van der Waals surface area contributed by atoms with Crippen LogP contribution in [0.5, 0.6) is 0 Å². The molecule has 0 spiro atoms. The molecule has 1 unspecified atom stereocenters. The fourth-order valence-corrected chi connectivity index (χ4v) is 2.00. The lowest BCUT2D eigenvalue weighted by atomic mass is 9.93. The number of amides is 1. The van der Waals surface area contributed by atoms with Crippen molar-refractivity contribution in [1.82, 2.24) is 5.32 Å². The van der Waals surface area contributed by atoms with Crippen molar-refractivity contribution in [2.24, 2.45) is 5.92 Å². The Hall–Kier alpha value is -1.88. The first kappa shape index (κ1) is 17.2. The molecule has 0 radical (unpaired) electrons. The van der Waals surface area contributed by atoms with Crippen LogP contribution in [0.4, 0.5) is 0 Å². The van der Waals surface area contributed by atoms with Crippen LogP contribution in [0.25, 0.3) is 0 Å². The summed E-state index contributed by atoms with van der Waals surface area (Å²) >= 11 is 0. The molecule has 5 heteroatoms. The molecule has 1 rings (SSSR count). The Balaban J connectivity index is 3.01. The number of hydrogen-bond acceptors (Lipinski definition) is 4. The van der Waals surface area contributed by atoms with Gasteiger partial charge in [-0.05, 0) is 18.4 Å². The maximum atomic E-state index is 12.6. The number of nitrogens with one attached hydrogen (secondary N) is 1. The van der Waals surface area contributed by atoms with E-state index < -0.39 is 17.6 Å². The van der Waals surface area contributed by atoms with Crippen LogP contribution in [0, 0.1) is 5.92 Å². The highest BCUT2D eigenvalue weighted by atomic mass is 16.5. The molecular weight excluding hydrogens is 270 g/mol. The van der Waals surface area contributed by atoms with Crippen LogP contribution in [0.3, 0.4) is 0 Å². The van der Waals surface area contributed by atoms with Gasteiger partial charge in [0.05, 0.1) is 7.11 Å². The summed E-state index contributed by atoms with van der Waals surface area (Å²) in [5.41, 5.74) is -0.444. The van der Waals surface area contributed by atoms with Gasteiger partial charge in [-0.25, -0.2) is 4.79 Å². The third-order valence-corrected chi connectivity index (χ3v) is 3.57. The standard InChI is InChI=1S/C16H23NO4/c1-11(2)13(14(18)20-4)17-15(19)16(3,21-5)12-9-7-6-8-10-12/h6-11,13H,1-5H3,(H,17,19)/t13?,16-/m0/s1. The van der Waals surface area contributed by atoms with Gasteiger partial charge < -0.3 is 14.8 Å². The Labute approximate surface area is 125 Å². The van der Waals surface area contributed by atoms with Crippen molar-refractivity contribution in [3.63, 3.8) is 0 Å². The zero-order chi connectivity index (χ0) is 16.0. The lowest BCUT2D eigenvalue weighted by Crippen LogP contribution is -2.52. The summed E-state index contributed by atoms with van der Waals surface area (Å²) in [4.78, 5) is 24.4. The molecule has 21 heavy (non-hydrogen) atoms. The number of rotatable bonds is 6. The van der Waals surface area contributed by atoms with Crippen LogP contribution in [-0.2, 0) is 24.7 Å². The fraction of sp³-hybridized carbons (Fsp3) is 0.500. The van der Waals surface area contributed by atoms with Gasteiger partial charge in [-0.15, -0.1) is 0 Å². The van der Waals surface area contributed by atoms with E-state index in [4.69, 9.17) is 9.47 Å². The lowest BCUT2D eigenvalue weighted by Gasteiger charge is -2.30. The summed E-state index contributed by atoms with van der Waals surface area (Å²) in [5.74, 6) is -0.927. The Morgan fingerprint density at radius 2 is 1.71 bits per heavy atom. The van der Waals surface area contributed by atoms with E-state index in [0.29, 0.717) is 0 Å². The van der Waals surface area contributed by atoms with Crippen LogP contribution in [0.15, 0.2) is 30.3 Å². The van der Waals surface area contributed by atoms with Gasteiger partial charge in [-0.1, -0.05) is 44.2 Å². The SMILES string of the molecule is COC(=O)C(NC(=O)[C@@](C)(OC)c1ccccc1)C(C)C. The van der Waals surface area contributed by atoms with Crippen molar-refractivity contribution in [2.45, 2.75) is 32.4 Å². The monoisotopic (exact) mass is 293 g/mol. The molecule has 1 aromatic carbocycles. The van der Waals surface area contributed by atoms with Gasteiger partial charge in [0.1, 0.15) is 6.04 Å². The van der Waals surface area contributed by atoms with Crippen molar-refractivity contribution in [3.05, 3.63) is 35.9 Å². The number of esters is 1. The number of ether oxygens (including phenoxy) is 2. The Morgan fingerprint density at radius 1 is 1.14 bits per heavy atom. The van der Waals surface area contributed by atoms with E-state index in [9.17, 15) is 9.59 Å². The maximum Gasteiger partial charge on any atom is 0.328 e. The van der Waals surface area contributed by atoms with E-state index in [2.05, 4.69) is 5.32 Å². The zero-order valence-corrected chi connectivity index (χ0v) is 13.2. The molecule has 116 valence electrons. The van der Waals surface area contributed by atoms with Crippen molar-refractivity contribution in [3.8, 4) is 0 Å². The molecule has 0 bridgehead atoms. The minimum Gasteiger partial charge on any atom is -0.467 e. The van der Waals surface area contributed by atoms with Crippen LogP contribution in [-0.4, -0.2) is 32.1 Å². The highest BCUT2D eigenvalue weighted by molar-refractivity contribution is 5.90. The molecule has 0 aliphatic rings. The molecule has 1 N–H and O–H groups in total. The number of benzene rings is 1. The van der Waals surface area contributed by atoms with E-state index in [1.165, 1.54) is 14.2 Å². The summed E-state index contributed by atoms with van der Waals surface area (Å²) in [5, 5.41) is 2.72. The summed E-state index contributed by atoms with van der Waals surface area (Å²) in [6.07, 6.45) is 0. The summed E-state index contributed by atoms with van der Waals surface area (Å²) in [7, 11) is 2.77. The second kappa shape index (κ2) is 7.22. The van der Waals surface area contributed by atoms with E-state index in [0.717, 1.165) is 5.56 Å². The van der Waals surface area contributed by atoms with Crippen molar-refractivity contribution in [2.75, 3.05) is 14.2 Å². The maximum absolute atomic E-state index is 12.6. The van der Waals surface area contributed by atoms with Crippen molar-refractivity contribution in [1.29, 1.82) is 0 Å². The van der Waals surface area contributed by atoms with Crippen LogP contribution >= 0.6 is 0 Å². The minimum absolute atomic E-state index is 0.0849. The van der Waals surface area contributed by atoms with Gasteiger partial charge in [0.15, 0.2) is 5.60 Å². The normalized spacial score (nSPS) is 15.1. The van der Waals surface area contributed by atoms with Gasteiger partial charge in [0.2, 0.25) is 0 Å². The van der Waals surface area contributed by atoms with E-state index in [-0.39, 0.29) is 11.8 Å². The topological polar surface area (TPSA) is 64.6 Å². The number of carbonyl (C=O) groups excluding carboxylic acids is 2. The number of methoxy groups -OCH3 is 2. The molecular formula is C16H23NO4. The molecule has 0 aromatic heterocycles. The lowest BCUT2D eigenvalue weighted by molar-refractivity contribution is -0.152. The second-order valence-electron chi connectivity index (χ2n) is 5.32. The summed E-state index contributed by atoms with van der Waals surface area (Å²) < 4.78 is 10.1. The van der Waals surface area contributed by atoms with Crippen molar-refractivity contribution >= 4 is 11.9 Å². The zero-order valence-electron chi connectivity index (χ0n) is 13.2. The van der Waals surface area contributed by atoms with Gasteiger partial charge in [-0.3, -0.25) is 4.79 Å². The van der Waals surface area contributed by atoms with Gasteiger partial charge in [0, 0.05) is 7.11 Å². The van der Waals surface area contributed by atoms with Crippen molar-refractivity contribution < 1.29 is 19.1 Å². The largest absolute Gasteiger partial charge is 0.467 e. The number of carbonyl (C=O) groups is 2. The first-order valence-electron chi connectivity index (χ1n) is 6.86. The molecule has 0 aliphatic heterocycles. The molecule has 0 saturated heterocycles. The van der Waals surface area contributed by atoms with E-state index in [1.54, 1.807) is 6.92 Å². The smallest absolute Gasteiger partial charge is 0.328 e. The van der Waals surface area contributed by atoms with Gasteiger partial charge in [-0.2, -0.15) is 0 Å². The Bertz CT molecular complexity index is 486. The van der Waals surface area contributed by atoms with Gasteiger partial charge >= 0.3 is 5.97 Å². The number of hydrogen-bond donors (Lipinski definition) is 1. The summed E-state index contributed by atoms with van der Waals surface area (Å²) in [6.45, 7) is 5.36. The quantitative estimate of drug-likeness (QED) is 0.813. The third-order valence-electron chi connectivity index (χ3n) is 3.57. The minimum atomic E-state index is -1.16. The Morgan fingerprint density at radius 3 is 2.14 bits per heavy atom. The Kier molecular flexibility index (Phi) is 5.90. The highest BCUT2D eigenvalue weighted by Gasteiger charge is 2.38. The molecule has 0 aliphatic carbocycles. The molecule has 5 nitrogen and oxygen atoms in total. The van der Waals surface area contributed by atoms with E-state index >= 15 is 0 Å². The molecule has 1 aromatic rings. The summed E-state index contributed by atoms with van der Waals surface area (Å²) in [6, 6.07) is 8.45. The molecule has 0 fully saturated rings. The molecule has 2 atom stereocenters. The van der Waals surface area contributed by atoms with Crippen LogP contribution < -0.4 is 5.32 Å². The third kappa shape index (κ3) is 3.82. The second-order valence-corrected chi connectivity index (χ2v) is 5.32. The predicted octanol–water partition coefficient (Wildman–Crippen LogP) is 1.86. The van der Waals surface area contributed by atoms with Crippen LogP contribution in [0.1, 0.15) is 26.3 Å². The highest BCUT2D eigenvalue weighted by Crippen LogP contribution is 2.25. The average molecular weight is 293 g/mol. The van der Waals surface area contributed by atoms with Crippen LogP contribution in [0.2, 0.25) is 0 Å². The molecule has 1 amide bonds. The van der Waals surface area contributed by atoms with Gasteiger partial charge in [0.25, 0.3) is 5.91 Å². The fourth-order valence-electron chi connectivity index (χ4n) is 2.00. The first-order chi connectivity index (χ1) is 9.86. The van der Waals surface area contributed by atoms with E-state index in [1.807, 2.05) is 44.2 Å². The molecule has 0 saturated carbocycles. The predicted molar refractivity (Wildman–Crippen MR) is 79.6 cm³/mol. The first-order valence-corrected chi connectivity index (χ1v) is 6.86. The average Bonchev–Trinajstić information content (AvgIpc) is 2.51. The molecule has 0 heterocycles.